The summed E-state index contributed by atoms with van der Waals surface area (Å²) in [4.78, 5) is 4.15. The normalized spacial score (nSPS) is 16.4. The van der Waals surface area contributed by atoms with Gasteiger partial charge in [0.05, 0.1) is 6.54 Å². The molecule has 0 saturated heterocycles. The maximum absolute atomic E-state index is 4.15. The highest BCUT2D eigenvalue weighted by atomic mass is 14.9. The lowest BCUT2D eigenvalue weighted by Gasteiger charge is -2.20. The van der Waals surface area contributed by atoms with Crippen LogP contribution in [0.1, 0.15) is 33.6 Å². The molecular formula is C11H20N2. The molecule has 1 aliphatic rings. The average molecular weight is 180 g/mol. The van der Waals surface area contributed by atoms with E-state index in [1.807, 2.05) is 6.21 Å². The molecule has 0 unspecified atom stereocenters. The van der Waals surface area contributed by atoms with Gasteiger partial charge in [-0.15, -0.1) is 0 Å². The van der Waals surface area contributed by atoms with Gasteiger partial charge in [-0.1, -0.05) is 6.08 Å². The standard InChI is InChI=1S/C11H20N2/c1-11(2,3)13-7-4-5-10-6-8-12-9-10/h6,9,13H,4-5,7-8H2,1-3H3. The van der Waals surface area contributed by atoms with E-state index in [0.717, 1.165) is 19.5 Å². The van der Waals surface area contributed by atoms with Crippen LogP contribution in [0.3, 0.4) is 0 Å². The van der Waals surface area contributed by atoms with Crippen LogP contribution in [0.15, 0.2) is 16.6 Å². The molecular weight excluding hydrogens is 160 g/mol. The molecule has 0 aliphatic carbocycles. The first kappa shape index (κ1) is 10.5. The fourth-order valence-corrected chi connectivity index (χ4v) is 1.32. The van der Waals surface area contributed by atoms with Crippen molar-refractivity contribution in [3.63, 3.8) is 0 Å². The maximum Gasteiger partial charge on any atom is 0.0576 e. The Balaban J connectivity index is 2.04. The van der Waals surface area contributed by atoms with Crippen LogP contribution in [0.5, 0.6) is 0 Å². The first-order valence-electron chi connectivity index (χ1n) is 5.02. The Hall–Kier alpha value is -0.630. The van der Waals surface area contributed by atoms with Gasteiger partial charge >= 0.3 is 0 Å². The maximum atomic E-state index is 4.15. The third kappa shape index (κ3) is 4.83. The van der Waals surface area contributed by atoms with Gasteiger partial charge in [-0.05, 0) is 45.7 Å². The van der Waals surface area contributed by atoms with Gasteiger partial charge in [0.25, 0.3) is 0 Å². The molecule has 74 valence electrons. The molecule has 2 nitrogen and oxygen atoms in total. The summed E-state index contributed by atoms with van der Waals surface area (Å²) in [6.45, 7) is 8.58. The highest BCUT2D eigenvalue weighted by Gasteiger charge is 2.07. The van der Waals surface area contributed by atoms with Crippen molar-refractivity contribution < 1.29 is 0 Å². The molecule has 0 bridgehead atoms. The molecule has 13 heavy (non-hydrogen) atoms. The van der Waals surface area contributed by atoms with Crippen LogP contribution in [0.25, 0.3) is 0 Å². The number of hydrogen-bond acceptors (Lipinski definition) is 2. The zero-order valence-electron chi connectivity index (χ0n) is 8.93. The van der Waals surface area contributed by atoms with Gasteiger partial charge in [-0.2, -0.15) is 0 Å². The first-order chi connectivity index (χ1) is 6.08. The molecule has 1 heterocycles. The molecule has 0 amide bonds. The number of rotatable bonds is 4. The molecule has 0 aromatic heterocycles. The van der Waals surface area contributed by atoms with Crippen LogP contribution in [0, 0.1) is 0 Å². The van der Waals surface area contributed by atoms with Crippen LogP contribution in [0.2, 0.25) is 0 Å². The molecule has 0 radical (unpaired) electrons. The number of hydrogen-bond donors (Lipinski definition) is 1. The molecule has 2 heteroatoms. The van der Waals surface area contributed by atoms with Crippen molar-refractivity contribution in [1.82, 2.24) is 5.32 Å². The number of allylic oxidation sites excluding steroid dienone is 1. The molecule has 0 spiro atoms. The predicted molar refractivity (Wildman–Crippen MR) is 58.4 cm³/mol. The van der Waals surface area contributed by atoms with E-state index >= 15 is 0 Å². The Kier molecular flexibility index (Phi) is 3.67. The fraction of sp³-hybridized carbons (Fsp3) is 0.727. The van der Waals surface area contributed by atoms with Crippen LogP contribution in [-0.4, -0.2) is 24.8 Å². The Morgan fingerprint density at radius 3 is 2.77 bits per heavy atom. The molecule has 1 N–H and O–H groups in total. The zero-order valence-corrected chi connectivity index (χ0v) is 8.93. The Labute approximate surface area is 81.1 Å². The highest BCUT2D eigenvalue weighted by molar-refractivity contribution is 5.80. The zero-order chi connectivity index (χ0) is 9.73. The van der Waals surface area contributed by atoms with E-state index in [0.29, 0.717) is 0 Å². The van der Waals surface area contributed by atoms with Gasteiger partial charge in [0.2, 0.25) is 0 Å². The quantitative estimate of drug-likeness (QED) is 0.659. The SMILES string of the molecule is CC(C)(C)NCCCC1=CCN=C1. The topological polar surface area (TPSA) is 24.4 Å². The van der Waals surface area contributed by atoms with Crippen molar-refractivity contribution in [2.75, 3.05) is 13.1 Å². The van der Waals surface area contributed by atoms with E-state index in [9.17, 15) is 0 Å². The molecule has 0 fully saturated rings. The second-order valence-corrected chi connectivity index (χ2v) is 4.55. The summed E-state index contributed by atoms with van der Waals surface area (Å²) in [5.74, 6) is 0. The minimum atomic E-state index is 0.248. The second kappa shape index (κ2) is 4.56. The lowest BCUT2D eigenvalue weighted by atomic mass is 10.1. The third-order valence-corrected chi connectivity index (χ3v) is 2.01. The van der Waals surface area contributed by atoms with E-state index < -0.39 is 0 Å². The van der Waals surface area contributed by atoms with Crippen LogP contribution < -0.4 is 5.32 Å². The summed E-state index contributed by atoms with van der Waals surface area (Å²) in [5.41, 5.74) is 1.65. The van der Waals surface area contributed by atoms with Gasteiger partial charge in [-0.25, -0.2) is 0 Å². The lowest BCUT2D eigenvalue weighted by Crippen LogP contribution is -2.36. The number of aliphatic imine (C=N–C) groups is 1. The largest absolute Gasteiger partial charge is 0.312 e. The molecule has 0 atom stereocenters. The van der Waals surface area contributed by atoms with E-state index in [2.05, 4.69) is 37.2 Å². The Morgan fingerprint density at radius 1 is 1.46 bits per heavy atom. The number of nitrogens with one attached hydrogen (secondary N) is 1. The van der Waals surface area contributed by atoms with Crippen molar-refractivity contribution >= 4 is 6.21 Å². The summed E-state index contributed by atoms with van der Waals surface area (Å²) in [6.07, 6.45) is 6.57. The molecule has 0 aromatic rings. The van der Waals surface area contributed by atoms with Crippen molar-refractivity contribution in [3.05, 3.63) is 11.6 Å². The van der Waals surface area contributed by atoms with Crippen molar-refractivity contribution in [1.29, 1.82) is 0 Å². The van der Waals surface area contributed by atoms with Gasteiger partial charge in [0.1, 0.15) is 0 Å². The van der Waals surface area contributed by atoms with Crippen LogP contribution in [0.4, 0.5) is 0 Å². The summed E-state index contributed by atoms with van der Waals surface area (Å²) in [7, 11) is 0. The highest BCUT2D eigenvalue weighted by Crippen LogP contribution is 2.07. The van der Waals surface area contributed by atoms with Gasteiger partial charge in [0.15, 0.2) is 0 Å². The smallest absolute Gasteiger partial charge is 0.0576 e. The van der Waals surface area contributed by atoms with Crippen molar-refractivity contribution in [3.8, 4) is 0 Å². The summed E-state index contributed by atoms with van der Waals surface area (Å²) < 4.78 is 0. The molecule has 0 saturated carbocycles. The van der Waals surface area contributed by atoms with E-state index in [4.69, 9.17) is 0 Å². The monoisotopic (exact) mass is 180 g/mol. The third-order valence-electron chi connectivity index (χ3n) is 2.01. The minimum Gasteiger partial charge on any atom is -0.312 e. The Morgan fingerprint density at radius 2 is 2.23 bits per heavy atom. The fourth-order valence-electron chi connectivity index (χ4n) is 1.32. The summed E-state index contributed by atoms with van der Waals surface area (Å²) in [5, 5.41) is 3.47. The first-order valence-corrected chi connectivity index (χ1v) is 5.02. The van der Waals surface area contributed by atoms with Crippen LogP contribution in [-0.2, 0) is 0 Å². The van der Waals surface area contributed by atoms with Gasteiger partial charge < -0.3 is 5.32 Å². The predicted octanol–water partition coefficient (Wildman–Crippen LogP) is 2.17. The average Bonchev–Trinajstić information content (AvgIpc) is 2.48. The van der Waals surface area contributed by atoms with Crippen molar-refractivity contribution in [2.45, 2.75) is 39.2 Å². The van der Waals surface area contributed by atoms with Crippen LogP contribution >= 0.6 is 0 Å². The Bertz CT molecular complexity index is 209. The second-order valence-electron chi connectivity index (χ2n) is 4.55. The molecule has 1 aliphatic heterocycles. The lowest BCUT2D eigenvalue weighted by molar-refractivity contribution is 0.423. The van der Waals surface area contributed by atoms with E-state index in [1.54, 1.807) is 0 Å². The van der Waals surface area contributed by atoms with E-state index in [-0.39, 0.29) is 5.54 Å². The van der Waals surface area contributed by atoms with Crippen molar-refractivity contribution in [2.24, 2.45) is 4.99 Å². The van der Waals surface area contributed by atoms with Gasteiger partial charge in [-0.3, -0.25) is 4.99 Å². The van der Waals surface area contributed by atoms with E-state index in [1.165, 1.54) is 12.0 Å². The minimum absolute atomic E-state index is 0.248. The summed E-state index contributed by atoms with van der Waals surface area (Å²) >= 11 is 0. The molecule has 0 aromatic carbocycles. The molecule has 1 rings (SSSR count). The van der Waals surface area contributed by atoms with Gasteiger partial charge in [0, 0.05) is 11.8 Å². The number of nitrogens with zero attached hydrogens (tertiary/aromatic N) is 1. The summed E-state index contributed by atoms with van der Waals surface area (Å²) in [6, 6.07) is 0.